The number of amides is 3. The molecule has 3 amide bonds. The molecule has 3 rings (SSSR count). The van der Waals surface area contributed by atoms with Crippen LogP contribution in [0, 0.1) is 11.8 Å². The lowest BCUT2D eigenvalue weighted by atomic mass is 9.85. The molecule has 0 spiro atoms. The summed E-state index contributed by atoms with van der Waals surface area (Å²) in [7, 11) is 0. The Hall–Kier alpha value is -3.29. The Kier molecular flexibility index (Phi) is 6.44. The minimum Gasteiger partial charge on any atom is -0.456 e. The van der Waals surface area contributed by atoms with Crippen molar-refractivity contribution < 1.29 is 28.7 Å². The Labute approximate surface area is 174 Å². The van der Waals surface area contributed by atoms with E-state index in [9.17, 15) is 24.0 Å². The van der Waals surface area contributed by atoms with E-state index in [0.717, 1.165) is 4.90 Å². The highest BCUT2D eigenvalue weighted by molar-refractivity contribution is 6.08. The number of esters is 1. The van der Waals surface area contributed by atoms with Gasteiger partial charge in [-0.2, -0.15) is 0 Å². The number of nitrogens with zero attached hydrogens (tertiary/aromatic N) is 1. The van der Waals surface area contributed by atoms with Crippen molar-refractivity contribution in [2.45, 2.75) is 39.2 Å². The fourth-order valence-electron chi connectivity index (χ4n) is 3.64. The van der Waals surface area contributed by atoms with Gasteiger partial charge in [-0.05, 0) is 44.0 Å². The van der Waals surface area contributed by atoms with Gasteiger partial charge in [0.15, 0.2) is 12.4 Å². The maximum Gasteiger partial charge on any atom is 0.329 e. The molecular weight excluding hydrogens is 388 g/mol. The van der Waals surface area contributed by atoms with Crippen LogP contribution in [0.1, 0.15) is 43.5 Å². The predicted octanol–water partition coefficient (Wildman–Crippen LogP) is 2.10. The van der Waals surface area contributed by atoms with E-state index in [1.54, 1.807) is 19.1 Å². The molecule has 158 valence electrons. The zero-order chi connectivity index (χ0) is 21.8. The van der Waals surface area contributed by atoms with E-state index in [4.69, 9.17) is 4.74 Å². The minimum absolute atomic E-state index is 0.140. The van der Waals surface area contributed by atoms with Crippen LogP contribution < -0.4 is 5.32 Å². The number of Topliss-reactive ketones (excluding diaryl/α,β-unsaturated/α-hetero) is 1. The standard InChI is InChI=1S/C22H24N2O6/c1-3-19(26)23-15-10-8-14(9-11-15)18(25)12-30-22(29)13(2)24-20(27)16-6-4-5-7-17(16)21(24)28/h4-5,8-11,13,16-17H,3,6-7,12H2,1-2H3,(H,23,26)/t13-,16+,17+/m0/s1. The van der Waals surface area contributed by atoms with Gasteiger partial charge >= 0.3 is 5.97 Å². The van der Waals surface area contributed by atoms with Crippen LogP contribution >= 0.6 is 0 Å². The number of ketones is 1. The van der Waals surface area contributed by atoms with Crippen molar-refractivity contribution in [3.05, 3.63) is 42.0 Å². The third kappa shape index (κ3) is 4.32. The molecule has 1 saturated heterocycles. The van der Waals surface area contributed by atoms with Gasteiger partial charge in [0.2, 0.25) is 17.7 Å². The van der Waals surface area contributed by atoms with Crippen molar-refractivity contribution in [1.82, 2.24) is 4.90 Å². The molecule has 3 atom stereocenters. The fourth-order valence-corrected chi connectivity index (χ4v) is 3.64. The second-order valence-electron chi connectivity index (χ2n) is 7.39. The Morgan fingerprint density at radius 3 is 2.17 bits per heavy atom. The van der Waals surface area contributed by atoms with Crippen molar-refractivity contribution >= 4 is 35.2 Å². The summed E-state index contributed by atoms with van der Waals surface area (Å²) in [6.45, 7) is 2.66. The molecule has 8 nitrogen and oxygen atoms in total. The average Bonchev–Trinajstić information content (AvgIpc) is 3.02. The summed E-state index contributed by atoms with van der Waals surface area (Å²) in [5.41, 5.74) is 0.876. The van der Waals surface area contributed by atoms with Gasteiger partial charge in [0, 0.05) is 17.7 Å². The van der Waals surface area contributed by atoms with Crippen LogP contribution in [0.2, 0.25) is 0 Å². The topological polar surface area (TPSA) is 110 Å². The molecule has 1 heterocycles. The van der Waals surface area contributed by atoms with E-state index in [1.807, 2.05) is 12.2 Å². The molecule has 8 heteroatoms. The molecule has 1 aliphatic heterocycles. The van der Waals surface area contributed by atoms with Crippen LogP contribution in [-0.2, 0) is 23.9 Å². The van der Waals surface area contributed by atoms with E-state index >= 15 is 0 Å². The lowest BCUT2D eigenvalue weighted by molar-refractivity contribution is -0.157. The second-order valence-corrected chi connectivity index (χ2v) is 7.39. The predicted molar refractivity (Wildman–Crippen MR) is 107 cm³/mol. The number of allylic oxidation sites excluding steroid dienone is 2. The van der Waals surface area contributed by atoms with Crippen LogP contribution in [0.15, 0.2) is 36.4 Å². The molecule has 1 fully saturated rings. The van der Waals surface area contributed by atoms with Crippen LogP contribution in [0.25, 0.3) is 0 Å². The molecule has 1 N–H and O–H groups in total. The highest BCUT2D eigenvalue weighted by Crippen LogP contribution is 2.36. The van der Waals surface area contributed by atoms with Crippen LogP contribution in [0.5, 0.6) is 0 Å². The highest BCUT2D eigenvalue weighted by atomic mass is 16.5. The normalized spacial score (nSPS) is 21.2. The van der Waals surface area contributed by atoms with Crippen molar-refractivity contribution in [1.29, 1.82) is 0 Å². The third-order valence-electron chi connectivity index (χ3n) is 5.43. The van der Waals surface area contributed by atoms with Crippen molar-refractivity contribution in [3.8, 4) is 0 Å². The van der Waals surface area contributed by atoms with Crippen molar-refractivity contribution in [3.63, 3.8) is 0 Å². The summed E-state index contributed by atoms with van der Waals surface area (Å²) in [4.78, 5) is 62.1. The number of anilines is 1. The quantitative estimate of drug-likeness (QED) is 0.318. The van der Waals surface area contributed by atoms with E-state index in [1.165, 1.54) is 19.1 Å². The molecule has 1 aromatic carbocycles. The molecule has 0 bridgehead atoms. The second kappa shape index (κ2) is 9.02. The molecule has 0 saturated carbocycles. The molecule has 0 unspecified atom stereocenters. The molecule has 2 aliphatic rings. The van der Waals surface area contributed by atoms with Crippen LogP contribution in [0.4, 0.5) is 5.69 Å². The first-order valence-corrected chi connectivity index (χ1v) is 9.95. The third-order valence-corrected chi connectivity index (χ3v) is 5.43. The van der Waals surface area contributed by atoms with E-state index < -0.39 is 36.2 Å². The van der Waals surface area contributed by atoms with Gasteiger partial charge in [0.1, 0.15) is 6.04 Å². The lowest BCUT2D eigenvalue weighted by Crippen LogP contribution is -2.44. The van der Waals surface area contributed by atoms with Gasteiger partial charge in [-0.3, -0.25) is 24.1 Å². The molecule has 0 aromatic heterocycles. The Bertz CT molecular complexity index is 879. The number of carbonyl (C=O) groups is 5. The number of hydrogen-bond acceptors (Lipinski definition) is 6. The summed E-state index contributed by atoms with van der Waals surface area (Å²) in [6.07, 6.45) is 5.06. The first-order chi connectivity index (χ1) is 14.3. The summed E-state index contributed by atoms with van der Waals surface area (Å²) >= 11 is 0. The SMILES string of the molecule is CCC(=O)Nc1ccc(C(=O)COC(=O)[C@H](C)N2C(=O)[C@@H]3CC=CC[C@H]3C2=O)cc1. The minimum atomic E-state index is -1.09. The van der Waals surface area contributed by atoms with Gasteiger partial charge in [-0.1, -0.05) is 19.1 Å². The maximum atomic E-state index is 12.6. The monoisotopic (exact) mass is 412 g/mol. The number of hydrogen-bond donors (Lipinski definition) is 1. The summed E-state index contributed by atoms with van der Waals surface area (Å²) in [5.74, 6) is -2.95. The van der Waals surface area contributed by atoms with Crippen molar-refractivity contribution in [2.24, 2.45) is 11.8 Å². The first-order valence-electron chi connectivity index (χ1n) is 9.95. The number of rotatable bonds is 7. The summed E-state index contributed by atoms with van der Waals surface area (Å²) < 4.78 is 5.07. The van der Waals surface area contributed by atoms with Gasteiger partial charge in [0.05, 0.1) is 11.8 Å². The number of nitrogens with one attached hydrogen (secondary N) is 1. The molecule has 1 aromatic rings. The number of likely N-dealkylation sites (tertiary alicyclic amines) is 1. The first kappa shape index (κ1) is 21.4. The molecule has 30 heavy (non-hydrogen) atoms. The van der Waals surface area contributed by atoms with E-state index in [-0.39, 0.29) is 17.7 Å². The van der Waals surface area contributed by atoms with Gasteiger partial charge in [-0.15, -0.1) is 0 Å². The Morgan fingerprint density at radius 1 is 1.07 bits per heavy atom. The zero-order valence-electron chi connectivity index (χ0n) is 16.9. The fraction of sp³-hybridized carbons (Fsp3) is 0.409. The van der Waals surface area contributed by atoms with Gasteiger partial charge in [-0.25, -0.2) is 4.79 Å². The molecular formula is C22H24N2O6. The van der Waals surface area contributed by atoms with E-state index in [0.29, 0.717) is 30.5 Å². The van der Waals surface area contributed by atoms with Crippen LogP contribution in [0.3, 0.4) is 0 Å². The Balaban J connectivity index is 1.56. The zero-order valence-corrected chi connectivity index (χ0v) is 16.9. The number of fused-ring (bicyclic) bond motifs is 1. The largest absolute Gasteiger partial charge is 0.456 e. The van der Waals surface area contributed by atoms with Gasteiger partial charge in [0.25, 0.3) is 0 Å². The maximum absolute atomic E-state index is 12.6. The number of carbonyl (C=O) groups excluding carboxylic acids is 5. The number of ether oxygens (including phenoxy) is 1. The molecule has 0 radical (unpaired) electrons. The average molecular weight is 412 g/mol. The molecule has 1 aliphatic carbocycles. The number of benzene rings is 1. The van der Waals surface area contributed by atoms with Crippen LogP contribution in [-0.4, -0.2) is 47.0 Å². The van der Waals surface area contributed by atoms with E-state index in [2.05, 4.69) is 5.32 Å². The van der Waals surface area contributed by atoms with Gasteiger partial charge < -0.3 is 10.1 Å². The number of imide groups is 1. The van der Waals surface area contributed by atoms with Crippen molar-refractivity contribution in [2.75, 3.05) is 11.9 Å². The lowest BCUT2D eigenvalue weighted by Gasteiger charge is -2.21. The summed E-state index contributed by atoms with van der Waals surface area (Å²) in [6, 6.07) is 5.13. The highest BCUT2D eigenvalue weighted by Gasteiger charge is 2.50. The smallest absolute Gasteiger partial charge is 0.329 e. The Morgan fingerprint density at radius 2 is 1.63 bits per heavy atom. The summed E-state index contributed by atoms with van der Waals surface area (Å²) in [5, 5.41) is 2.67.